The molecule has 9 heteroatoms. The number of aromatic nitrogens is 5. The van der Waals surface area contributed by atoms with Gasteiger partial charge in [0.15, 0.2) is 10.7 Å². The van der Waals surface area contributed by atoms with Crippen LogP contribution >= 0.6 is 0 Å². The van der Waals surface area contributed by atoms with Crippen molar-refractivity contribution in [2.45, 2.75) is 32.3 Å². The molecule has 3 rings (SSSR count). The Morgan fingerprint density at radius 1 is 1.36 bits per heavy atom. The van der Waals surface area contributed by atoms with E-state index in [0.717, 1.165) is 5.69 Å². The van der Waals surface area contributed by atoms with Crippen LogP contribution in [0.2, 0.25) is 0 Å². The molecule has 0 aromatic carbocycles. The first kappa shape index (κ1) is 14.5. The minimum Gasteiger partial charge on any atom is -0.275 e. The molecule has 2 N–H and O–H groups in total. The van der Waals surface area contributed by atoms with Crippen LogP contribution in [0.1, 0.15) is 18.3 Å². The zero-order chi connectivity index (χ0) is 15.9. The topological polar surface area (TPSA) is 106 Å². The van der Waals surface area contributed by atoms with Gasteiger partial charge in [-0.25, -0.2) is 4.98 Å². The van der Waals surface area contributed by atoms with Crippen LogP contribution in [0.15, 0.2) is 23.4 Å². The van der Waals surface area contributed by atoms with Crippen molar-refractivity contribution in [3.63, 3.8) is 0 Å². The van der Waals surface area contributed by atoms with Gasteiger partial charge in [0, 0.05) is 12.7 Å². The number of rotatable bonds is 4. The molecule has 8 nitrogen and oxygen atoms in total. The van der Waals surface area contributed by atoms with Crippen molar-refractivity contribution < 1.29 is 8.42 Å². The van der Waals surface area contributed by atoms with Crippen LogP contribution in [-0.4, -0.2) is 33.4 Å². The molecule has 0 aliphatic heterocycles. The highest BCUT2D eigenvalue weighted by atomic mass is 32.2. The molecule has 0 aliphatic rings. The molecule has 3 aromatic rings. The summed E-state index contributed by atoms with van der Waals surface area (Å²) in [6, 6.07) is 3.33. The Labute approximate surface area is 127 Å². The average molecular weight is 320 g/mol. The van der Waals surface area contributed by atoms with Gasteiger partial charge in [-0.05, 0) is 32.9 Å². The van der Waals surface area contributed by atoms with E-state index in [0.29, 0.717) is 29.0 Å². The highest BCUT2D eigenvalue weighted by Crippen LogP contribution is 2.25. The first-order valence-corrected chi connectivity index (χ1v) is 8.28. The zero-order valence-electron chi connectivity index (χ0n) is 12.5. The largest absolute Gasteiger partial charge is 0.279 e. The Morgan fingerprint density at radius 3 is 2.82 bits per heavy atom. The van der Waals surface area contributed by atoms with Gasteiger partial charge in [-0.1, -0.05) is 0 Å². The molecule has 0 atom stereocenters. The number of anilines is 1. The van der Waals surface area contributed by atoms with E-state index in [2.05, 4.69) is 25.0 Å². The van der Waals surface area contributed by atoms with Crippen molar-refractivity contribution >= 4 is 26.7 Å². The third-order valence-electron chi connectivity index (χ3n) is 3.48. The molecule has 116 valence electrons. The number of hydrogen-bond acceptors (Lipinski definition) is 5. The second-order valence-electron chi connectivity index (χ2n) is 4.89. The van der Waals surface area contributed by atoms with Crippen LogP contribution in [-0.2, 0) is 16.6 Å². The van der Waals surface area contributed by atoms with Gasteiger partial charge in [0.1, 0.15) is 0 Å². The van der Waals surface area contributed by atoms with Gasteiger partial charge in [-0.15, -0.1) is 0 Å². The number of nitrogens with one attached hydrogen (secondary N) is 2. The lowest BCUT2D eigenvalue weighted by Gasteiger charge is -2.07. The fourth-order valence-electron chi connectivity index (χ4n) is 2.37. The molecule has 0 saturated heterocycles. The van der Waals surface area contributed by atoms with E-state index in [1.807, 2.05) is 13.8 Å². The van der Waals surface area contributed by atoms with E-state index in [1.165, 1.54) is 0 Å². The lowest BCUT2D eigenvalue weighted by Crippen LogP contribution is -2.15. The molecular weight excluding hydrogens is 304 g/mol. The summed E-state index contributed by atoms with van der Waals surface area (Å²) in [6.07, 6.45) is 1.56. The van der Waals surface area contributed by atoms with Gasteiger partial charge in [0.2, 0.25) is 0 Å². The van der Waals surface area contributed by atoms with Crippen LogP contribution < -0.4 is 4.72 Å². The van der Waals surface area contributed by atoms with Crippen LogP contribution in [0, 0.1) is 13.8 Å². The standard InChI is InChI=1S/C13H16N6O2S/c1-4-19-9(3)11(8(2)17-19)18-22(20,21)13-10-6-5-7-14-12(10)15-16-13/h5-7,18H,4H2,1-3H3,(H,14,15,16). The second-order valence-corrected chi connectivity index (χ2v) is 6.51. The van der Waals surface area contributed by atoms with Crippen molar-refractivity contribution in [1.82, 2.24) is 25.0 Å². The third-order valence-corrected chi connectivity index (χ3v) is 4.80. The summed E-state index contributed by atoms with van der Waals surface area (Å²) in [5.41, 5.74) is 2.25. The van der Waals surface area contributed by atoms with E-state index in [1.54, 1.807) is 29.9 Å². The summed E-state index contributed by atoms with van der Waals surface area (Å²) in [6.45, 7) is 6.22. The minimum absolute atomic E-state index is 0.00125. The molecule has 0 spiro atoms. The number of fused-ring (bicyclic) bond motifs is 1. The molecule has 0 unspecified atom stereocenters. The first-order valence-electron chi connectivity index (χ1n) is 6.80. The highest BCUT2D eigenvalue weighted by Gasteiger charge is 2.24. The summed E-state index contributed by atoms with van der Waals surface area (Å²) in [5, 5.41) is 11.2. The maximum Gasteiger partial charge on any atom is 0.279 e. The molecule has 0 aliphatic carbocycles. The molecule has 0 amide bonds. The molecule has 3 aromatic heterocycles. The summed E-state index contributed by atoms with van der Waals surface area (Å²) in [4.78, 5) is 4.02. The van der Waals surface area contributed by atoms with Gasteiger partial charge in [-0.3, -0.25) is 14.5 Å². The number of H-pyrrole nitrogens is 1. The predicted octanol–water partition coefficient (Wildman–Crippen LogP) is 1.59. The maximum atomic E-state index is 12.6. The van der Waals surface area contributed by atoms with Crippen molar-refractivity contribution in [3.8, 4) is 0 Å². The molecule has 0 bridgehead atoms. The lowest BCUT2D eigenvalue weighted by molar-refractivity contribution is 0.598. The van der Waals surface area contributed by atoms with Gasteiger partial charge >= 0.3 is 0 Å². The van der Waals surface area contributed by atoms with Crippen molar-refractivity contribution in [2.24, 2.45) is 0 Å². The van der Waals surface area contributed by atoms with Crippen LogP contribution in [0.3, 0.4) is 0 Å². The van der Waals surface area contributed by atoms with Crippen LogP contribution in [0.5, 0.6) is 0 Å². The Balaban J connectivity index is 2.06. The Morgan fingerprint density at radius 2 is 2.14 bits per heavy atom. The van der Waals surface area contributed by atoms with Crippen LogP contribution in [0.4, 0.5) is 5.69 Å². The second kappa shape index (κ2) is 5.09. The Hall–Kier alpha value is -2.42. The fraction of sp³-hybridized carbons (Fsp3) is 0.308. The molecule has 3 heterocycles. The summed E-state index contributed by atoms with van der Waals surface area (Å²) in [7, 11) is -3.80. The maximum absolute atomic E-state index is 12.6. The monoisotopic (exact) mass is 320 g/mol. The van der Waals surface area contributed by atoms with E-state index in [9.17, 15) is 8.42 Å². The molecule has 22 heavy (non-hydrogen) atoms. The van der Waals surface area contributed by atoms with Gasteiger partial charge < -0.3 is 0 Å². The smallest absolute Gasteiger partial charge is 0.275 e. The molecule has 0 fully saturated rings. The van der Waals surface area contributed by atoms with Gasteiger partial charge in [-0.2, -0.15) is 18.6 Å². The quantitative estimate of drug-likeness (QED) is 0.759. The average Bonchev–Trinajstić information content (AvgIpc) is 3.03. The Kier molecular flexibility index (Phi) is 3.36. The molecule has 0 radical (unpaired) electrons. The van der Waals surface area contributed by atoms with Gasteiger partial charge in [0.25, 0.3) is 10.0 Å². The van der Waals surface area contributed by atoms with Crippen molar-refractivity contribution in [1.29, 1.82) is 0 Å². The van der Waals surface area contributed by atoms with E-state index < -0.39 is 10.0 Å². The lowest BCUT2D eigenvalue weighted by atomic mass is 10.3. The van der Waals surface area contributed by atoms with Gasteiger partial charge in [0.05, 0.1) is 22.5 Å². The minimum atomic E-state index is -3.80. The Bertz CT molecular complexity index is 941. The number of sulfonamides is 1. The number of nitrogens with zero attached hydrogens (tertiary/aromatic N) is 4. The summed E-state index contributed by atoms with van der Waals surface area (Å²) >= 11 is 0. The predicted molar refractivity (Wildman–Crippen MR) is 82.1 cm³/mol. The van der Waals surface area contributed by atoms with E-state index in [4.69, 9.17) is 0 Å². The number of aryl methyl sites for hydroxylation is 2. The summed E-state index contributed by atoms with van der Waals surface area (Å²) in [5.74, 6) is 0. The summed E-state index contributed by atoms with van der Waals surface area (Å²) < 4.78 is 29.6. The molecular formula is C13H16N6O2S. The number of aromatic amines is 1. The fourth-order valence-corrected chi connectivity index (χ4v) is 3.65. The normalized spacial score (nSPS) is 12.0. The third kappa shape index (κ3) is 2.23. The van der Waals surface area contributed by atoms with Crippen LogP contribution in [0.25, 0.3) is 11.0 Å². The van der Waals surface area contributed by atoms with E-state index >= 15 is 0 Å². The number of pyridine rings is 1. The first-order chi connectivity index (χ1) is 10.4. The van der Waals surface area contributed by atoms with E-state index in [-0.39, 0.29) is 5.03 Å². The number of hydrogen-bond donors (Lipinski definition) is 2. The van der Waals surface area contributed by atoms with Crippen molar-refractivity contribution in [3.05, 3.63) is 29.7 Å². The van der Waals surface area contributed by atoms with Crippen molar-refractivity contribution in [2.75, 3.05) is 4.72 Å². The highest BCUT2D eigenvalue weighted by molar-refractivity contribution is 7.92. The SMILES string of the molecule is CCn1nc(C)c(NS(=O)(=O)c2[nH]nc3ncccc23)c1C. The molecule has 0 saturated carbocycles. The zero-order valence-corrected chi connectivity index (χ0v) is 13.3.